The number of methoxy groups -OCH3 is 1. The van der Waals surface area contributed by atoms with E-state index in [9.17, 15) is 9.59 Å². The number of nitrogens with one attached hydrogen (secondary N) is 2. The number of anilines is 1. The average Bonchev–Trinajstić information content (AvgIpc) is 2.95. The van der Waals surface area contributed by atoms with Gasteiger partial charge in [0.1, 0.15) is 11.3 Å². The number of pyridine rings is 1. The lowest BCUT2D eigenvalue weighted by Crippen LogP contribution is -2.46. The van der Waals surface area contributed by atoms with Gasteiger partial charge in [-0.3, -0.25) is 0 Å². The Bertz CT molecular complexity index is 511. The molecule has 114 valence electrons. The Morgan fingerprint density at radius 1 is 1.52 bits per heavy atom. The zero-order valence-electron chi connectivity index (χ0n) is 11.6. The number of carboxylic acid groups (broad SMARTS) is 1. The van der Waals surface area contributed by atoms with E-state index in [1.54, 1.807) is 7.11 Å². The minimum atomic E-state index is -1.12. The van der Waals surface area contributed by atoms with Crippen molar-refractivity contribution in [3.05, 3.63) is 24.0 Å². The third-order valence-corrected chi connectivity index (χ3v) is 3.31. The van der Waals surface area contributed by atoms with Crippen LogP contribution in [0.15, 0.2) is 18.3 Å². The first-order valence-electron chi connectivity index (χ1n) is 6.42. The fraction of sp³-hybridized carbons (Fsp3) is 0.462. The number of aromatic carboxylic acids is 1. The van der Waals surface area contributed by atoms with Crippen molar-refractivity contribution in [1.82, 2.24) is 10.3 Å². The molecule has 2 heterocycles. The summed E-state index contributed by atoms with van der Waals surface area (Å²) in [6.45, 7) is 1.38. The number of nitrogens with zero attached hydrogens (tertiary/aromatic N) is 1. The van der Waals surface area contributed by atoms with Crippen LogP contribution in [0.1, 0.15) is 16.9 Å². The number of amides is 2. The molecule has 1 aliphatic heterocycles. The van der Waals surface area contributed by atoms with Gasteiger partial charge < -0.3 is 25.2 Å². The summed E-state index contributed by atoms with van der Waals surface area (Å²) in [5.74, 6) is -1.12. The first-order chi connectivity index (χ1) is 10.0. The fourth-order valence-corrected chi connectivity index (χ4v) is 1.97. The molecule has 2 rings (SSSR count). The van der Waals surface area contributed by atoms with Crippen LogP contribution in [0, 0.1) is 0 Å². The lowest BCUT2D eigenvalue weighted by atomic mass is 10.0. The lowest BCUT2D eigenvalue weighted by molar-refractivity contribution is -0.0135. The number of rotatable bonds is 5. The monoisotopic (exact) mass is 295 g/mol. The van der Waals surface area contributed by atoms with Crippen molar-refractivity contribution in [3.63, 3.8) is 0 Å². The fourth-order valence-electron chi connectivity index (χ4n) is 1.97. The molecule has 1 atom stereocenters. The van der Waals surface area contributed by atoms with E-state index in [0.29, 0.717) is 25.4 Å². The SMILES string of the molecule is COC1(CNC(=O)Nc2ccc(C(=O)O)nc2)CCOC1. The number of hydrogen-bond donors (Lipinski definition) is 3. The number of hydrogen-bond acceptors (Lipinski definition) is 5. The highest BCUT2D eigenvalue weighted by Crippen LogP contribution is 2.21. The average molecular weight is 295 g/mol. The van der Waals surface area contributed by atoms with Crippen LogP contribution in [-0.2, 0) is 9.47 Å². The van der Waals surface area contributed by atoms with Gasteiger partial charge in [-0.15, -0.1) is 0 Å². The molecule has 0 saturated carbocycles. The Morgan fingerprint density at radius 2 is 2.33 bits per heavy atom. The number of ether oxygens (including phenoxy) is 2. The smallest absolute Gasteiger partial charge is 0.354 e. The molecule has 21 heavy (non-hydrogen) atoms. The van der Waals surface area contributed by atoms with Crippen LogP contribution in [0.4, 0.5) is 10.5 Å². The highest BCUT2D eigenvalue weighted by molar-refractivity contribution is 5.90. The molecule has 1 saturated heterocycles. The summed E-state index contributed by atoms with van der Waals surface area (Å²) in [5, 5.41) is 14.0. The summed E-state index contributed by atoms with van der Waals surface area (Å²) in [4.78, 5) is 26.2. The van der Waals surface area contributed by atoms with E-state index in [1.807, 2.05) is 0 Å². The first-order valence-corrected chi connectivity index (χ1v) is 6.42. The van der Waals surface area contributed by atoms with E-state index in [4.69, 9.17) is 14.6 Å². The zero-order valence-corrected chi connectivity index (χ0v) is 11.6. The molecule has 0 spiro atoms. The van der Waals surface area contributed by atoms with Crippen molar-refractivity contribution >= 4 is 17.7 Å². The molecular formula is C13H17N3O5. The summed E-state index contributed by atoms with van der Waals surface area (Å²) >= 11 is 0. The minimum absolute atomic E-state index is 0.0811. The first kappa shape index (κ1) is 15.2. The second-order valence-electron chi connectivity index (χ2n) is 4.73. The van der Waals surface area contributed by atoms with Crippen LogP contribution < -0.4 is 10.6 Å². The van der Waals surface area contributed by atoms with Gasteiger partial charge in [0.15, 0.2) is 0 Å². The van der Waals surface area contributed by atoms with Crippen molar-refractivity contribution in [2.75, 3.05) is 32.2 Å². The van der Waals surface area contributed by atoms with E-state index in [2.05, 4.69) is 15.6 Å². The number of urea groups is 1. The molecule has 1 aliphatic rings. The van der Waals surface area contributed by atoms with Crippen molar-refractivity contribution in [3.8, 4) is 0 Å². The molecule has 0 bridgehead atoms. The second-order valence-corrected chi connectivity index (χ2v) is 4.73. The van der Waals surface area contributed by atoms with E-state index in [0.717, 1.165) is 6.42 Å². The number of aromatic nitrogens is 1. The predicted octanol–water partition coefficient (Wildman–Crippen LogP) is 0.707. The van der Waals surface area contributed by atoms with E-state index in [1.165, 1.54) is 18.3 Å². The van der Waals surface area contributed by atoms with Gasteiger partial charge in [0.25, 0.3) is 0 Å². The molecular weight excluding hydrogens is 278 g/mol. The maximum Gasteiger partial charge on any atom is 0.354 e. The number of carboxylic acids is 1. The van der Waals surface area contributed by atoms with Gasteiger partial charge in [-0.25, -0.2) is 14.6 Å². The predicted molar refractivity (Wildman–Crippen MR) is 73.4 cm³/mol. The van der Waals surface area contributed by atoms with Crippen LogP contribution in [0.5, 0.6) is 0 Å². The summed E-state index contributed by atoms with van der Waals surface area (Å²) < 4.78 is 10.7. The van der Waals surface area contributed by atoms with Gasteiger partial charge in [-0.1, -0.05) is 0 Å². The van der Waals surface area contributed by atoms with Crippen molar-refractivity contribution in [2.45, 2.75) is 12.0 Å². The highest BCUT2D eigenvalue weighted by Gasteiger charge is 2.35. The van der Waals surface area contributed by atoms with Gasteiger partial charge in [0, 0.05) is 20.1 Å². The molecule has 1 unspecified atom stereocenters. The third kappa shape index (κ3) is 3.89. The molecule has 8 heteroatoms. The quantitative estimate of drug-likeness (QED) is 0.738. The number of carbonyl (C=O) groups is 2. The molecule has 0 aliphatic carbocycles. The number of carbonyl (C=O) groups excluding carboxylic acids is 1. The Labute approximate surface area is 121 Å². The van der Waals surface area contributed by atoms with Gasteiger partial charge in [0.05, 0.1) is 25.0 Å². The Kier molecular flexibility index (Phi) is 4.71. The van der Waals surface area contributed by atoms with E-state index in [-0.39, 0.29) is 5.69 Å². The molecule has 1 aromatic rings. The van der Waals surface area contributed by atoms with Gasteiger partial charge >= 0.3 is 12.0 Å². The van der Waals surface area contributed by atoms with Crippen LogP contribution in [0.25, 0.3) is 0 Å². The largest absolute Gasteiger partial charge is 0.477 e. The van der Waals surface area contributed by atoms with Crippen molar-refractivity contribution < 1.29 is 24.2 Å². The van der Waals surface area contributed by atoms with Crippen LogP contribution in [-0.4, -0.2) is 54.6 Å². The summed E-state index contributed by atoms with van der Waals surface area (Å²) in [6.07, 6.45) is 2.01. The maximum absolute atomic E-state index is 11.8. The highest BCUT2D eigenvalue weighted by atomic mass is 16.5. The van der Waals surface area contributed by atoms with Crippen molar-refractivity contribution in [1.29, 1.82) is 0 Å². The summed E-state index contributed by atoms with van der Waals surface area (Å²) in [5.41, 5.74) is -0.156. The van der Waals surface area contributed by atoms with Crippen LogP contribution in [0.2, 0.25) is 0 Å². The molecule has 0 radical (unpaired) electrons. The summed E-state index contributed by atoms with van der Waals surface area (Å²) in [7, 11) is 1.59. The summed E-state index contributed by atoms with van der Waals surface area (Å²) in [6, 6.07) is 2.38. The topological polar surface area (TPSA) is 110 Å². The van der Waals surface area contributed by atoms with E-state index >= 15 is 0 Å². The van der Waals surface area contributed by atoms with Gasteiger partial charge in [-0.05, 0) is 12.1 Å². The molecule has 1 fully saturated rings. The lowest BCUT2D eigenvalue weighted by Gasteiger charge is -2.25. The van der Waals surface area contributed by atoms with Gasteiger partial charge in [-0.2, -0.15) is 0 Å². The minimum Gasteiger partial charge on any atom is -0.477 e. The normalized spacial score (nSPS) is 21.0. The Hall–Kier alpha value is -2.19. The maximum atomic E-state index is 11.8. The molecule has 8 nitrogen and oxygen atoms in total. The molecule has 0 aromatic carbocycles. The third-order valence-electron chi connectivity index (χ3n) is 3.31. The zero-order chi connectivity index (χ0) is 15.3. The Balaban J connectivity index is 1.85. The van der Waals surface area contributed by atoms with Crippen LogP contribution in [0.3, 0.4) is 0 Å². The molecule has 2 amide bonds. The Morgan fingerprint density at radius 3 is 2.86 bits per heavy atom. The van der Waals surface area contributed by atoms with Crippen LogP contribution >= 0.6 is 0 Å². The standard InChI is InChI=1S/C13H17N3O5/c1-20-13(4-5-21-8-13)7-15-12(19)16-9-2-3-10(11(17)18)14-6-9/h2-3,6H,4-5,7-8H2,1H3,(H,17,18)(H2,15,16,19). The molecule has 1 aromatic heterocycles. The van der Waals surface area contributed by atoms with Gasteiger partial charge in [0.2, 0.25) is 0 Å². The van der Waals surface area contributed by atoms with Crippen molar-refractivity contribution in [2.24, 2.45) is 0 Å². The molecule has 3 N–H and O–H groups in total. The second kappa shape index (κ2) is 6.51. The van der Waals surface area contributed by atoms with E-state index < -0.39 is 17.6 Å².